The van der Waals surface area contributed by atoms with Crippen molar-refractivity contribution < 1.29 is 4.74 Å². The van der Waals surface area contributed by atoms with Crippen LogP contribution in [-0.4, -0.2) is 25.8 Å². The maximum absolute atomic E-state index is 5.65. The maximum Gasteiger partial charge on any atom is 0.0591 e. The summed E-state index contributed by atoms with van der Waals surface area (Å²) < 4.78 is 5.65. The maximum atomic E-state index is 5.65. The summed E-state index contributed by atoms with van der Waals surface area (Å²) in [5.74, 6) is 2.53. The summed E-state index contributed by atoms with van der Waals surface area (Å²) >= 11 is 0. The van der Waals surface area contributed by atoms with E-state index in [1.54, 1.807) is 0 Å². The van der Waals surface area contributed by atoms with Crippen molar-refractivity contribution in [2.75, 3.05) is 19.8 Å². The average molecular weight is 255 g/mol. The number of nitrogens with one attached hydrogen (secondary N) is 1. The molecule has 2 heteroatoms. The van der Waals surface area contributed by atoms with Gasteiger partial charge in [-0.25, -0.2) is 0 Å². The molecule has 2 nitrogen and oxygen atoms in total. The lowest BCUT2D eigenvalue weighted by Crippen LogP contribution is -2.37. The summed E-state index contributed by atoms with van der Waals surface area (Å²) in [5, 5.41) is 3.67. The highest BCUT2D eigenvalue weighted by molar-refractivity contribution is 4.79. The van der Waals surface area contributed by atoms with Crippen LogP contribution >= 0.6 is 0 Å². The molecular formula is C16H33NO. The number of rotatable bonds is 8. The van der Waals surface area contributed by atoms with Gasteiger partial charge in [0.15, 0.2) is 0 Å². The zero-order chi connectivity index (χ0) is 13.4. The second-order valence-corrected chi connectivity index (χ2v) is 6.62. The Hall–Kier alpha value is -0.0800. The molecule has 1 rings (SSSR count). The first-order valence-electron chi connectivity index (χ1n) is 7.90. The van der Waals surface area contributed by atoms with Crippen LogP contribution in [0.3, 0.4) is 0 Å². The molecule has 1 saturated carbocycles. The quantitative estimate of drug-likeness (QED) is 0.665. The van der Waals surface area contributed by atoms with Crippen LogP contribution in [0.15, 0.2) is 0 Å². The van der Waals surface area contributed by atoms with Gasteiger partial charge in [-0.2, -0.15) is 0 Å². The molecule has 0 amide bonds. The van der Waals surface area contributed by atoms with Gasteiger partial charge in [0.1, 0.15) is 0 Å². The van der Waals surface area contributed by atoms with Gasteiger partial charge in [0, 0.05) is 19.2 Å². The molecule has 1 N–H and O–H groups in total. The van der Waals surface area contributed by atoms with Crippen LogP contribution in [0.25, 0.3) is 0 Å². The van der Waals surface area contributed by atoms with Crippen molar-refractivity contribution in [2.24, 2.45) is 17.8 Å². The van der Waals surface area contributed by atoms with Crippen molar-refractivity contribution in [3.8, 4) is 0 Å². The van der Waals surface area contributed by atoms with Crippen molar-refractivity contribution in [1.82, 2.24) is 5.32 Å². The van der Waals surface area contributed by atoms with Crippen LogP contribution in [0.2, 0.25) is 0 Å². The molecule has 18 heavy (non-hydrogen) atoms. The molecule has 0 aliphatic heterocycles. The first kappa shape index (κ1) is 16.0. The van der Waals surface area contributed by atoms with Crippen molar-refractivity contribution in [2.45, 2.75) is 65.8 Å². The minimum absolute atomic E-state index is 0.736. The summed E-state index contributed by atoms with van der Waals surface area (Å²) in [5.41, 5.74) is 0. The second kappa shape index (κ2) is 8.92. The zero-order valence-electron chi connectivity index (χ0n) is 12.9. The minimum Gasteiger partial charge on any atom is -0.380 e. The van der Waals surface area contributed by atoms with Crippen LogP contribution in [0.1, 0.15) is 59.8 Å². The molecule has 2 atom stereocenters. The molecule has 0 aromatic carbocycles. The lowest BCUT2D eigenvalue weighted by molar-refractivity contribution is 0.119. The molecule has 0 aromatic rings. The Morgan fingerprint density at radius 2 is 1.89 bits per heavy atom. The summed E-state index contributed by atoms with van der Waals surface area (Å²) in [6, 6.07) is 0.736. The molecule has 0 bridgehead atoms. The van der Waals surface area contributed by atoms with Crippen molar-refractivity contribution in [3.05, 3.63) is 0 Å². The molecular weight excluding hydrogens is 222 g/mol. The molecule has 1 fully saturated rings. The average Bonchev–Trinajstić information content (AvgIpc) is 2.33. The highest BCUT2D eigenvalue weighted by atomic mass is 16.5. The Kier molecular flexibility index (Phi) is 7.92. The topological polar surface area (TPSA) is 21.3 Å². The fourth-order valence-electron chi connectivity index (χ4n) is 2.77. The first-order chi connectivity index (χ1) is 8.59. The third-order valence-corrected chi connectivity index (χ3v) is 4.18. The summed E-state index contributed by atoms with van der Waals surface area (Å²) in [4.78, 5) is 0. The van der Waals surface area contributed by atoms with E-state index in [9.17, 15) is 0 Å². The molecule has 0 radical (unpaired) electrons. The van der Waals surface area contributed by atoms with Gasteiger partial charge in [-0.1, -0.05) is 40.5 Å². The van der Waals surface area contributed by atoms with Crippen LogP contribution in [-0.2, 0) is 4.74 Å². The van der Waals surface area contributed by atoms with E-state index in [0.29, 0.717) is 0 Å². The van der Waals surface area contributed by atoms with Crippen LogP contribution in [0, 0.1) is 17.8 Å². The van der Waals surface area contributed by atoms with Crippen LogP contribution in [0.4, 0.5) is 0 Å². The van der Waals surface area contributed by atoms with Gasteiger partial charge in [0.25, 0.3) is 0 Å². The van der Waals surface area contributed by atoms with E-state index in [2.05, 4.69) is 33.0 Å². The summed E-state index contributed by atoms with van der Waals surface area (Å²) in [6.45, 7) is 12.0. The highest BCUT2D eigenvalue weighted by Crippen LogP contribution is 2.29. The molecule has 0 spiro atoms. The van der Waals surface area contributed by atoms with Gasteiger partial charge in [0.05, 0.1) is 6.61 Å². The Labute approximate surface area is 114 Å². The third kappa shape index (κ3) is 6.75. The number of hydrogen-bond donors (Lipinski definition) is 1. The fraction of sp³-hybridized carbons (Fsp3) is 1.00. The van der Waals surface area contributed by atoms with E-state index < -0.39 is 0 Å². The predicted molar refractivity (Wildman–Crippen MR) is 78.9 cm³/mol. The monoisotopic (exact) mass is 255 g/mol. The smallest absolute Gasteiger partial charge is 0.0591 e. The third-order valence-electron chi connectivity index (χ3n) is 4.18. The SMILES string of the molecule is CC(C)CCOCCNC1CCCC(C(C)C)C1. The predicted octanol–water partition coefficient (Wildman–Crippen LogP) is 3.85. The van der Waals surface area contributed by atoms with E-state index in [-0.39, 0.29) is 0 Å². The molecule has 0 heterocycles. The standard InChI is InChI=1S/C16H33NO/c1-13(2)8-10-18-11-9-17-16-7-5-6-15(12-16)14(3)4/h13-17H,5-12H2,1-4H3. The highest BCUT2D eigenvalue weighted by Gasteiger charge is 2.23. The van der Waals surface area contributed by atoms with E-state index in [1.165, 1.54) is 32.1 Å². The van der Waals surface area contributed by atoms with Crippen LogP contribution in [0.5, 0.6) is 0 Å². The van der Waals surface area contributed by atoms with Crippen LogP contribution < -0.4 is 5.32 Å². The lowest BCUT2D eigenvalue weighted by atomic mass is 9.79. The minimum atomic E-state index is 0.736. The Morgan fingerprint density at radius 1 is 1.11 bits per heavy atom. The van der Waals surface area contributed by atoms with Gasteiger partial charge >= 0.3 is 0 Å². The molecule has 2 unspecified atom stereocenters. The summed E-state index contributed by atoms with van der Waals surface area (Å²) in [7, 11) is 0. The molecule has 108 valence electrons. The van der Waals surface area contributed by atoms with E-state index in [0.717, 1.165) is 43.6 Å². The number of hydrogen-bond acceptors (Lipinski definition) is 2. The van der Waals surface area contributed by atoms with E-state index in [4.69, 9.17) is 4.74 Å². The Balaban J connectivity index is 2.01. The molecule has 1 aliphatic rings. The van der Waals surface area contributed by atoms with Gasteiger partial charge in [-0.05, 0) is 37.0 Å². The van der Waals surface area contributed by atoms with Crippen molar-refractivity contribution in [3.63, 3.8) is 0 Å². The normalized spacial score (nSPS) is 25.0. The number of ether oxygens (including phenoxy) is 1. The molecule has 0 saturated heterocycles. The molecule has 0 aromatic heterocycles. The van der Waals surface area contributed by atoms with Gasteiger partial charge in [0.2, 0.25) is 0 Å². The summed E-state index contributed by atoms with van der Waals surface area (Å²) in [6.07, 6.45) is 6.73. The molecule has 1 aliphatic carbocycles. The van der Waals surface area contributed by atoms with Crippen molar-refractivity contribution in [1.29, 1.82) is 0 Å². The van der Waals surface area contributed by atoms with E-state index in [1.807, 2.05) is 0 Å². The van der Waals surface area contributed by atoms with Crippen molar-refractivity contribution >= 4 is 0 Å². The van der Waals surface area contributed by atoms with Gasteiger partial charge in [-0.15, -0.1) is 0 Å². The Morgan fingerprint density at radius 3 is 2.56 bits per heavy atom. The fourth-order valence-corrected chi connectivity index (χ4v) is 2.77. The zero-order valence-corrected chi connectivity index (χ0v) is 12.9. The van der Waals surface area contributed by atoms with Gasteiger partial charge < -0.3 is 10.1 Å². The Bertz CT molecular complexity index is 203. The largest absolute Gasteiger partial charge is 0.380 e. The van der Waals surface area contributed by atoms with Gasteiger partial charge in [-0.3, -0.25) is 0 Å². The van der Waals surface area contributed by atoms with E-state index >= 15 is 0 Å². The first-order valence-corrected chi connectivity index (χ1v) is 7.90. The lowest BCUT2D eigenvalue weighted by Gasteiger charge is -2.32. The second-order valence-electron chi connectivity index (χ2n) is 6.62.